The van der Waals surface area contributed by atoms with E-state index in [0.717, 1.165) is 43.1 Å². The molecule has 2 fully saturated rings. The molecule has 4 aromatic rings. The van der Waals surface area contributed by atoms with Crippen LogP contribution in [0.4, 0.5) is 0 Å². The SMILES string of the molecule is CC[C@@H](C)[C@H]1C(=O)OC[C@@H](NC(=O)c2cnc3ccccc3n2)C(=O)N[C@H](C)C(=O)N(C)[C@@H]2CS[C@H](SC)[C@H](C(=O)N1C)N(C)C(=O)[C@H](C)NC(=O)[C@H](NC(=O)c1cnc3ccccc3n1)COC(=O)[C@@H]([C@H](C)CC)N(C)C2=O. The Kier molecular flexibility index (Phi) is 20.7. The number of amides is 8. The Bertz CT molecular complexity index is 2970. The summed E-state index contributed by atoms with van der Waals surface area (Å²) in [5.74, 6) is -10.2. The van der Waals surface area contributed by atoms with Gasteiger partial charge in [0.05, 0.1) is 39.0 Å². The van der Waals surface area contributed by atoms with Crippen molar-refractivity contribution >= 4 is 105 Å². The van der Waals surface area contributed by atoms with E-state index in [1.165, 1.54) is 54.4 Å². The van der Waals surface area contributed by atoms with Gasteiger partial charge in [-0.1, -0.05) is 64.8 Å². The van der Waals surface area contributed by atoms with E-state index in [9.17, 15) is 38.4 Å². The zero-order chi connectivity index (χ0) is 58.0. The number of benzene rings is 2. The van der Waals surface area contributed by atoms with Gasteiger partial charge in [-0.15, -0.1) is 23.5 Å². The maximum atomic E-state index is 15.4. The number of aromatic nitrogens is 4. The number of thioether (sulfide) groups is 2. The molecule has 2 aliphatic rings. The lowest BCUT2D eigenvalue weighted by Crippen LogP contribution is -2.61. The van der Waals surface area contributed by atoms with Crippen LogP contribution >= 0.6 is 23.5 Å². The van der Waals surface area contributed by atoms with Gasteiger partial charge in [0.1, 0.15) is 72.9 Å². The number of likely N-dealkylation sites (N-methyl/N-ethyl adjacent to an activating group) is 4. The number of esters is 2. The predicted molar refractivity (Wildman–Crippen MR) is 294 cm³/mol. The second kappa shape index (κ2) is 26.9. The lowest BCUT2D eigenvalue weighted by Gasteiger charge is -2.40. The fourth-order valence-electron chi connectivity index (χ4n) is 9.11. The molecular weight excluding hydrogens is 1060 g/mol. The minimum atomic E-state index is -1.66. The van der Waals surface area contributed by atoms with Gasteiger partial charge < -0.3 is 50.3 Å². The van der Waals surface area contributed by atoms with Crippen LogP contribution in [0.15, 0.2) is 60.9 Å². The third-order valence-electron chi connectivity index (χ3n) is 14.3. The number of hydrogen-bond acceptors (Lipinski definition) is 18. The minimum Gasteiger partial charge on any atom is -0.461 e. The molecule has 0 radical (unpaired) electrons. The fraction of sp³-hybridized carbons (Fsp3) is 0.509. The molecule has 24 nitrogen and oxygen atoms in total. The van der Waals surface area contributed by atoms with E-state index in [2.05, 4.69) is 41.2 Å². The zero-order valence-corrected chi connectivity index (χ0v) is 47.6. The molecule has 2 saturated heterocycles. The summed E-state index contributed by atoms with van der Waals surface area (Å²) in [5.41, 5.74) is 1.40. The quantitative estimate of drug-likeness (QED) is 0.172. The summed E-state index contributed by atoms with van der Waals surface area (Å²) in [6, 6.07) is 1.85. The van der Waals surface area contributed by atoms with Gasteiger partial charge in [-0.05, 0) is 56.2 Å². The number of rotatable bonds is 9. The summed E-state index contributed by atoms with van der Waals surface area (Å²) in [6.45, 7) is 8.11. The number of carbonyl (C=O) groups excluding carboxylic acids is 10. The Labute approximate surface area is 466 Å². The topological polar surface area (TPSA) is 302 Å². The molecule has 0 unspecified atom stereocenters. The average molecular weight is 1130 g/mol. The van der Waals surface area contributed by atoms with Crippen molar-refractivity contribution in [3.63, 3.8) is 0 Å². The Balaban J connectivity index is 1.45. The highest BCUT2D eigenvalue weighted by Gasteiger charge is 2.46. The average Bonchev–Trinajstić information content (AvgIpc) is 3.46. The van der Waals surface area contributed by atoms with E-state index in [4.69, 9.17) is 9.47 Å². The van der Waals surface area contributed by atoms with Crippen molar-refractivity contribution < 1.29 is 57.4 Å². The van der Waals surface area contributed by atoms with Crippen LogP contribution in [0.2, 0.25) is 0 Å². The van der Waals surface area contributed by atoms with Crippen LogP contribution in [0.5, 0.6) is 0 Å². The van der Waals surface area contributed by atoms with Crippen LogP contribution in [0.1, 0.15) is 75.4 Å². The summed E-state index contributed by atoms with van der Waals surface area (Å²) in [5, 5.41) is 10.3. The van der Waals surface area contributed by atoms with Crippen molar-refractivity contribution in [1.29, 1.82) is 0 Å². The lowest BCUT2D eigenvalue weighted by molar-refractivity contribution is -0.160. The first-order valence-electron chi connectivity index (χ1n) is 25.7. The smallest absolute Gasteiger partial charge is 0.329 e. The molecule has 424 valence electrons. The highest BCUT2D eigenvalue weighted by molar-refractivity contribution is 8.16. The molecule has 11 atom stereocenters. The van der Waals surface area contributed by atoms with Crippen LogP contribution in [0.3, 0.4) is 0 Å². The summed E-state index contributed by atoms with van der Waals surface area (Å²) in [7, 11) is 5.39. The molecule has 79 heavy (non-hydrogen) atoms. The van der Waals surface area contributed by atoms with Crippen molar-refractivity contribution in [1.82, 2.24) is 60.8 Å². The van der Waals surface area contributed by atoms with E-state index in [1.807, 2.05) is 0 Å². The molecule has 2 aromatic heterocycles. The zero-order valence-electron chi connectivity index (χ0n) is 46.0. The Morgan fingerprint density at radius 3 is 1.46 bits per heavy atom. The molecule has 26 heteroatoms. The van der Waals surface area contributed by atoms with Gasteiger partial charge in [-0.25, -0.2) is 19.6 Å². The highest BCUT2D eigenvalue weighted by atomic mass is 32.2. The van der Waals surface area contributed by atoms with Crippen LogP contribution in [-0.2, 0) is 47.8 Å². The monoisotopic (exact) mass is 1130 g/mol. The molecule has 6 rings (SSSR count). The number of nitrogens with one attached hydrogen (secondary N) is 4. The Morgan fingerprint density at radius 1 is 0.633 bits per heavy atom. The maximum absolute atomic E-state index is 15.4. The molecule has 4 heterocycles. The number of ether oxygens (including phenoxy) is 2. The van der Waals surface area contributed by atoms with Crippen LogP contribution < -0.4 is 21.3 Å². The molecule has 0 saturated carbocycles. The van der Waals surface area contributed by atoms with Crippen molar-refractivity contribution in [3.05, 3.63) is 72.3 Å². The van der Waals surface area contributed by atoms with Gasteiger partial charge in [0.25, 0.3) is 11.8 Å². The molecule has 4 N–H and O–H groups in total. The third-order valence-corrected chi connectivity index (χ3v) is 17.1. The fourth-order valence-corrected chi connectivity index (χ4v) is 11.7. The lowest BCUT2D eigenvalue weighted by atomic mass is 9.97. The Morgan fingerprint density at radius 2 is 1.04 bits per heavy atom. The van der Waals surface area contributed by atoms with Crippen molar-refractivity contribution in [2.24, 2.45) is 11.8 Å². The summed E-state index contributed by atoms with van der Waals surface area (Å²) in [4.78, 5) is 167. The molecule has 0 aliphatic carbocycles. The predicted octanol–water partition coefficient (Wildman–Crippen LogP) is 1.42. The summed E-state index contributed by atoms with van der Waals surface area (Å²) < 4.78 is 10.7. The molecule has 2 aliphatic heterocycles. The maximum Gasteiger partial charge on any atom is 0.329 e. The second-order valence-corrected chi connectivity index (χ2v) is 22.1. The van der Waals surface area contributed by atoms with Crippen molar-refractivity contribution in [3.8, 4) is 0 Å². The van der Waals surface area contributed by atoms with Crippen molar-refractivity contribution in [2.45, 2.75) is 107 Å². The van der Waals surface area contributed by atoms with E-state index >= 15 is 9.59 Å². The number of carbonyl (C=O) groups is 10. The third kappa shape index (κ3) is 14.0. The number of cyclic esters (lactones) is 2. The van der Waals surface area contributed by atoms with Gasteiger partial charge in [-0.3, -0.25) is 48.3 Å². The molecule has 0 spiro atoms. The molecule has 2 bridgehead atoms. The van der Waals surface area contributed by atoms with Gasteiger partial charge in [-0.2, -0.15) is 0 Å². The van der Waals surface area contributed by atoms with E-state index < -0.39 is 137 Å². The van der Waals surface area contributed by atoms with Crippen LogP contribution in [0, 0.1) is 11.8 Å². The van der Waals surface area contributed by atoms with Gasteiger partial charge in [0, 0.05) is 33.9 Å². The van der Waals surface area contributed by atoms with Gasteiger partial charge in [0.15, 0.2) is 0 Å². The van der Waals surface area contributed by atoms with Gasteiger partial charge >= 0.3 is 11.9 Å². The first-order chi connectivity index (χ1) is 37.5. The first kappa shape index (κ1) is 60.7. The molecule has 2 aromatic carbocycles. The van der Waals surface area contributed by atoms with Crippen LogP contribution in [0.25, 0.3) is 22.1 Å². The standard InChI is InChI=1S/C53H68N12O12S2/c1-12-27(3)40-51(74)76-24-38(61-44(67)36-23-55-32-19-15-17-21-34(32)59-36)46(69)57-30(6)48(71)65(10)42-50(73)64(9)41(28(4)13-2)52(75)77-25-37(60-43(66)35-22-54-31-18-14-16-20-33(31)58-35)45(68)56-29(5)47(70)62(7)39(49(72)63(40)8)26-79-53(42)78-11/h14-23,27-30,37-42,53H,12-13,24-26H2,1-11H3,(H,56,68)(H,57,69)(H,60,66)(H,61,67)/t27-,28-,29-,30+,37-,38-,39-,40-,41+,42+,53+/m1/s1. The van der Waals surface area contributed by atoms with Crippen molar-refractivity contribution in [2.75, 3.05) is 53.4 Å². The van der Waals surface area contributed by atoms with Crippen LogP contribution in [-0.4, -0.2) is 205 Å². The number of para-hydroxylation sites is 4. The first-order valence-corrected chi connectivity index (χ1v) is 28.1. The molecule has 8 amide bonds. The van der Waals surface area contributed by atoms with E-state index in [0.29, 0.717) is 34.9 Å². The number of fused-ring (bicyclic) bond motifs is 6. The number of nitrogens with zero attached hydrogens (tertiary/aromatic N) is 8. The highest BCUT2D eigenvalue weighted by Crippen LogP contribution is 2.33. The molecular formula is C53H68N12O12S2. The normalized spacial score (nSPS) is 25.7. The number of hydrogen-bond donors (Lipinski definition) is 4. The van der Waals surface area contributed by atoms with Gasteiger partial charge in [0.2, 0.25) is 35.4 Å². The Hall–Kier alpha value is -7.48. The van der Waals surface area contributed by atoms with E-state index in [-0.39, 0.29) is 17.1 Å². The van der Waals surface area contributed by atoms with E-state index in [1.54, 1.807) is 82.5 Å². The summed E-state index contributed by atoms with van der Waals surface area (Å²) >= 11 is 2.18. The summed E-state index contributed by atoms with van der Waals surface area (Å²) in [6.07, 6.45) is 4.76. The minimum absolute atomic E-state index is 0.178. The largest absolute Gasteiger partial charge is 0.461 e. The second-order valence-electron chi connectivity index (χ2n) is 19.6.